The largest absolute Gasteiger partial charge is 0.481 e. The number of hydrogen-bond acceptors (Lipinski definition) is 2. The van der Waals surface area contributed by atoms with E-state index in [1.165, 1.54) is 6.07 Å². The fourth-order valence-electron chi connectivity index (χ4n) is 2.65. The Morgan fingerprint density at radius 2 is 1.95 bits per heavy atom. The van der Waals surface area contributed by atoms with Crippen molar-refractivity contribution >= 4 is 5.97 Å². The van der Waals surface area contributed by atoms with E-state index < -0.39 is 23.0 Å². The van der Waals surface area contributed by atoms with Gasteiger partial charge in [-0.3, -0.25) is 9.69 Å². The van der Waals surface area contributed by atoms with Crippen molar-refractivity contribution in [2.45, 2.75) is 32.7 Å². The van der Waals surface area contributed by atoms with Crippen LogP contribution < -0.4 is 0 Å². The minimum absolute atomic E-state index is 0.260. The van der Waals surface area contributed by atoms with E-state index in [4.69, 9.17) is 0 Å². The summed E-state index contributed by atoms with van der Waals surface area (Å²) in [4.78, 5) is 13.2. The summed E-state index contributed by atoms with van der Waals surface area (Å²) in [7, 11) is 0. The number of hydrogen-bond donors (Lipinski definition) is 1. The molecule has 20 heavy (non-hydrogen) atoms. The Morgan fingerprint density at radius 1 is 1.35 bits per heavy atom. The SMILES string of the molecule is CC(c1cc(F)ccc1F)N1CCC(C)(C(=O)O)CC1. The maximum absolute atomic E-state index is 13.8. The van der Waals surface area contributed by atoms with Gasteiger partial charge in [0.05, 0.1) is 5.41 Å². The van der Waals surface area contributed by atoms with Crippen molar-refractivity contribution in [1.82, 2.24) is 4.90 Å². The van der Waals surface area contributed by atoms with Gasteiger partial charge in [0.15, 0.2) is 0 Å². The lowest BCUT2D eigenvalue weighted by molar-refractivity contribution is -0.151. The monoisotopic (exact) mass is 283 g/mol. The standard InChI is InChI=1S/C15H19F2NO2/c1-10(12-9-11(16)3-4-13(12)17)18-7-5-15(2,6-8-18)14(19)20/h3-4,9-10H,5-8H2,1-2H3,(H,19,20). The minimum Gasteiger partial charge on any atom is -0.481 e. The second-order valence-corrected chi connectivity index (χ2v) is 5.74. The zero-order valence-electron chi connectivity index (χ0n) is 11.7. The molecule has 1 aromatic carbocycles. The number of carboxylic acid groups (broad SMARTS) is 1. The lowest BCUT2D eigenvalue weighted by atomic mass is 9.80. The van der Waals surface area contributed by atoms with Gasteiger partial charge < -0.3 is 5.11 Å². The number of likely N-dealkylation sites (tertiary alicyclic amines) is 1. The van der Waals surface area contributed by atoms with Crippen LogP contribution in [-0.2, 0) is 4.79 Å². The maximum Gasteiger partial charge on any atom is 0.309 e. The summed E-state index contributed by atoms with van der Waals surface area (Å²) in [6.07, 6.45) is 1.03. The van der Waals surface area contributed by atoms with Crippen molar-refractivity contribution < 1.29 is 18.7 Å². The summed E-state index contributed by atoms with van der Waals surface area (Å²) < 4.78 is 27.0. The van der Waals surface area contributed by atoms with Gasteiger partial charge in [0.2, 0.25) is 0 Å². The highest BCUT2D eigenvalue weighted by Gasteiger charge is 2.38. The minimum atomic E-state index is -0.790. The number of rotatable bonds is 3. The highest BCUT2D eigenvalue weighted by Crippen LogP contribution is 2.35. The summed E-state index contributed by atoms with van der Waals surface area (Å²) >= 11 is 0. The Labute approximate surface area is 117 Å². The van der Waals surface area contributed by atoms with Crippen LogP contribution in [0.15, 0.2) is 18.2 Å². The van der Waals surface area contributed by atoms with E-state index in [-0.39, 0.29) is 6.04 Å². The first-order valence-electron chi connectivity index (χ1n) is 6.76. The van der Waals surface area contributed by atoms with E-state index in [9.17, 15) is 18.7 Å². The molecule has 1 unspecified atom stereocenters. The average molecular weight is 283 g/mol. The topological polar surface area (TPSA) is 40.5 Å². The van der Waals surface area contributed by atoms with Crippen LogP contribution in [0.25, 0.3) is 0 Å². The summed E-state index contributed by atoms with van der Waals surface area (Å²) in [5.74, 6) is -1.67. The molecule has 110 valence electrons. The van der Waals surface area contributed by atoms with Crippen LogP contribution >= 0.6 is 0 Å². The Balaban J connectivity index is 2.10. The molecule has 2 rings (SSSR count). The maximum atomic E-state index is 13.8. The number of nitrogens with zero attached hydrogens (tertiary/aromatic N) is 1. The summed E-state index contributed by atoms with van der Waals surface area (Å²) in [6.45, 7) is 4.70. The Hall–Kier alpha value is -1.49. The number of carboxylic acids is 1. The van der Waals surface area contributed by atoms with E-state index >= 15 is 0 Å². The molecule has 1 atom stereocenters. The summed E-state index contributed by atoms with van der Waals surface area (Å²) in [5.41, 5.74) is -0.389. The van der Waals surface area contributed by atoms with Gasteiger partial charge in [-0.05, 0) is 58.0 Å². The lowest BCUT2D eigenvalue weighted by Gasteiger charge is -2.39. The molecular weight excluding hydrogens is 264 g/mol. The first-order valence-corrected chi connectivity index (χ1v) is 6.76. The van der Waals surface area contributed by atoms with Crippen molar-refractivity contribution in [1.29, 1.82) is 0 Å². The smallest absolute Gasteiger partial charge is 0.309 e. The van der Waals surface area contributed by atoms with Crippen LogP contribution in [0.5, 0.6) is 0 Å². The fraction of sp³-hybridized carbons (Fsp3) is 0.533. The van der Waals surface area contributed by atoms with Crippen molar-refractivity contribution in [3.05, 3.63) is 35.4 Å². The van der Waals surface area contributed by atoms with Gasteiger partial charge in [-0.1, -0.05) is 0 Å². The van der Waals surface area contributed by atoms with Gasteiger partial charge in [0.1, 0.15) is 11.6 Å². The Bertz CT molecular complexity index is 511. The predicted octanol–water partition coefficient (Wildman–Crippen LogP) is 3.21. The van der Waals surface area contributed by atoms with Crippen LogP contribution in [0.3, 0.4) is 0 Å². The normalized spacial score (nSPS) is 20.6. The molecule has 1 N–H and O–H groups in total. The van der Waals surface area contributed by atoms with E-state index in [0.717, 1.165) is 12.1 Å². The molecule has 0 saturated carbocycles. The van der Waals surface area contributed by atoms with Gasteiger partial charge >= 0.3 is 5.97 Å². The third-order valence-corrected chi connectivity index (χ3v) is 4.37. The molecule has 0 bridgehead atoms. The van der Waals surface area contributed by atoms with Gasteiger partial charge in [0.25, 0.3) is 0 Å². The molecule has 1 heterocycles. The molecule has 1 aliphatic rings. The quantitative estimate of drug-likeness (QED) is 0.926. The van der Waals surface area contributed by atoms with Crippen LogP contribution in [0.4, 0.5) is 8.78 Å². The second kappa shape index (κ2) is 5.48. The second-order valence-electron chi connectivity index (χ2n) is 5.74. The first-order chi connectivity index (χ1) is 9.33. The van der Waals surface area contributed by atoms with Crippen LogP contribution in [0, 0.1) is 17.0 Å². The molecule has 0 radical (unpaired) electrons. The molecule has 0 aliphatic carbocycles. The van der Waals surface area contributed by atoms with E-state index in [0.29, 0.717) is 31.5 Å². The van der Waals surface area contributed by atoms with E-state index in [2.05, 4.69) is 0 Å². The third-order valence-electron chi connectivity index (χ3n) is 4.37. The summed E-state index contributed by atoms with van der Waals surface area (Å²) in [6, 6.07) is 3.19. The number of benzene rings is 1. The third kappa shape index (κ3) is 2.82. The summed E-state index contributed by atoms with van der Waals surface area (Å²) in [5, 5.41) is 9.19. The number of halogens is 2. The number of carbonyl (C=O) groups is 1. The first kappa shape index (κ1) is 14.9. The van der Waals surface area contributed by atoms with Crippen molar-refractivity contribution in [3.8, 4) is 0 Å². The van der Waals surface area contributed by atoms with Crippen LogP contribution in [0.1, 0.15) is 38.3 Å². The molecule has 1 aromatic rings. The number of piperidine rings is 1. The van der Waals surface area contributed by atoms with Gasteiger partial charge in [-0.2, -0.15) is 0 Å². The number of aliphatic carboxylic acids is 1. The zero-order valence-corrected chi connectivity index (χ0v) is 11.7. The molecule has 0 aromatic heterocycles. The molecule has 5 heteroatoms. The molecule has 0 amide bonds. The van der Waals surface area contributed by atoms with Gasteiger partial charge in [-0.25, -0.2) is 8.78 Å². The highest BCUT2D eigenvalue weighted by atomic mass is 19.1. The molecule has 1 fully saturated rings. The van der Waals surface area contributed by atoms with Crippen molar-refractivity contribution in [2.24, 2.45) is 5.41 Å². The molecular formula is C15H19F2NO2. The van der Waals surface area contributed by atoms with Crippen molar-refractivity contribution in [2.75, 3.05) is 13.1 Å². The van der Waals surface area contributed by atoms with Crippen LogP contribution in [0.2, 0.25) is 0 Å². The van der Waals surface area contributed by atoms with Crippen molar-refractivity contribution in [3.63, 3.8) is 0 Å². The van der Waals surface area contributed by atoms with E-state index in [1.807, 2.05) is 11.8 Å². The van der Waals surface area contributed by atoms with Crippen LogP contribution in [-0.4, -0.2) is 29.1 Å². The molecule has 1 saturated heterocycles. The van der Waals surface area contributed by atoms with E-state index in [1.54, 1.807) is 6.92 Å². The van der Waals surface area contributed by atoms with Gasteiger partial charge in [-0.15, -0.1) is 0 Å². The predicted molar refractivity (Wildman–Crippen MR) is 71.3 cm³/mol. The lowest BCUT2D eigenvalue weighted by Crippen LogP contribution is -2.43. The Kier molecular flexibility index (Phi) is 4.09. The molecule has 1 aliphatic heterocycles. The highest BCUT2D eigenvalue weighted by molar-refractivity contribution is 5.74. The fourth-order valence-corrected chi connectivity index (χ4v) is 2.65. The zero-order chi connectivity index (χ0) is 14.9. The van der Waals surface area contributed by atoms with Gasteiger partial charge in [0, 0.05) is 11.6 Å². The molecule has 0 spiro atoms. The average Bonchev–Trinajstić information content (AvgIpc) is 2.41. The Morgan fingerprint density at radius 3 is 2.50 bits per heavy atom. The molecule has 3 nitrogen and oxygen atoms in total.